The molecule has 5 nitrogen and oxygen atoms in total. The molecular weight excluding hydrogens is 246 g/mol. The number of aryl methyl sites for hydroxylation is 1. The molecule has 0 unspecified atom stereocenters. The first-order chi connectivity index (χ1) is 9.00. The molecule has 1 radical (unpaired) electrons. The predicted octanol–water partition coefficient (Wildman–Crippen LogP) is 2.72. The standard InChI is InChI=1S/C14H20NO4/c1-6-19-13(16)15(14(3,17-4)18-5)12-10-8-7-9-11(12)2/h7-8,10H,6H2,1-5H3. The van der Waals surface area contributed by atoms with E-state index in [0.29, 0.717) is 5.69 Å². The molecule has 0 N–H and O–H groups in total. The maximum atomic E-state index is 12.2. The second kappa shape index (κ2) is 6.54. The van der Waals surface area contributed by atoms with Gasteiger partial charge in [-0.2, -0.15) is 0 Å². The summed E-state index contributed by atoms with van der Waals surface area (Å²) in [5, 5.41) is 0. The zero-order chi connectivity index (χ0) is 14.5. The van der Waals surface area contributed by atoms with Gasteiger partial charge in [0.15, 0.2) is 0 Å². The highest BCUT2D eigenvalue weighted by Crippen LogP contribution is 2.29. The van der Waals surface area contributed by atoms with Crippen LogP contribution in [0, 0.1) is 13.0 Å². The third kappa shape index (κ3) is 3.24. The fraction of sp³-hybridized carbons (Fsp3) is 0.500. The van der Waals surface area contributed by atoms with Gasteiger partial charge in [-0.15, -0.1) is 0 Å². The van der Waals surface area contributed by atoms with Crippen LogP contribution >= 0.6 is 0 Å². The molecule has 1 amide bonds. The number of methoxy groups -OCH3 is 2. The van der Waals surface area contributed by atoms with Crippen molar-refractivity contribution in [2.75, 3.05) is 25.7 Å². The van der Waals surface area contributed by atoms with E-state index in [9.17, 15) is 4.79 Å². The Morgan fingerprint density at radius 3 is 2.53 bits per heavy atom. The van der Waals surface area contributed by atoms with E-state index in [2.05, 4.69) is 6.07 Å². The highest BCUT2D eigenvalue weighted by molar-refractivity contribution is 5.89. The topological polar surface area (TPSA) is 48.0 Å². The summed E-state index contributed by atoms with van der Waals surface area (Å²) >= 11 is 0. The number of nitrogens with zero attached hydrogens (tertiary/aromatic N) is 1. The minimum Gasteiger partial charge on any atom is -0.449 e. The van der Waals surface area contributed by atoms with Crippen LogP contribution in [0.25, 0.3) is 0 Å². The number of carbonyl (C=O) groups is 1. The predicted molar refractivity (Wildman–Crippen MR) is 71.9 cm³/mol. The second-order valence-corrected chi connectivity index (χ2v) is 4.02. The molecule has 0 aliphatic heterocycles. The molecule has 105 valence electrons. The Balaban J connectivity index is 3.27. The molecule has 0 saturated carbocycles. The van der Waals surface area contributed by atoms with Crippen molar-refractivity contribution in [2.45, 2.75) is 26.7 Å². The normalized spacial score (nSPS) is 11.2. The van der Waals surface area contributed by atoms with Gasteiger partial charge in [0, 0.05) is 21.1 Å². The minimum atomic E-state index is -1.24. The monoisotopic (exact) mass is 266 g/mol. The Hall–Kier alpha value is -1.59. The van der Waals surface area contributed by atoms with Crippen molar-refractivity contribution >= 4 is 11.8 Å². The highest BCUT2D eigenvalue weighted by Gasteiger charge is 2.38. The average molecular weight is 266 g/mol. The third-order valence-electron chi connectivity index (χ3n) is 2.89. The third-order valence-corrected chi connectivity index (χ3v) is 2.89. The Kier molecular flexibility index (Phi) is 5.32. The van der Waals surface area contributed by atoms with Gasteiger partial charge in [-0.25, -0.2) is 9.69 Å². The summed E-state index contributed by atoms with van der Waals surface area (Å²) in [5.41, 5.74) is 1.43. The number of hydrogen-bond donors (Lipinski definition) is 0. The van der Waals surface area contributed by atoms with Crippen LogP contribution in [0.3, 0.4) is 0 Å². The molecular formula is C14H20NO4. The molecule has 0 aromatic heterocycles. The molecule has 0 heterocycles. The van der Waals surface area contributed by atoms with Crippen LogP contribution in [0.5, 0.6) is 0 Å². The lowest BCUT2D eigenvalue weighted by Gasteiger charge is -2.37. The van der Waals surface area contributed by atoms with Crippen molar-refractivity contribution in [3.8, 4) is 0 Å². The highest BCUT2D eigenvalue weighted by atomic mass is 16.7. The molecule has 0 bridgehead atoms. The number of anilines is 1. The number of benzene rings is 1. The summed E-state index contributed by atoms with van der Waals surface area (Å²) in [4.78, 5) is 13.5. The van der Waals surface area contributed by atoms with Crippen LogP contribution in [-0.4, -0.2) is 32.8 Å². The van der Waals surface area contributed by atoms with Gasteiger partial charge in [0.1, 0.15) is 0 Å². The smallest absolute Gasteiger partial charge is 0.418 e. The number of amides is 1. The Morgan fingerprint density at radius 1 is 1.42 bits per heavy atom. The number of hydrogen-bond acceptors (Lipinski definition) is 4. The Bertz CT molecular complexity index is 429. The lowest BCUT2D eigenvalue weighted by molar-refractivity contribution is -0.188. The van der Waals surface area contributed by atoms with E-state index in [0.717, 1.165) is 5.56 Å². The fourth-order valence-corrected chi connectivity index (χ4v) is 1.69. The molecule has 0 saturated heterocycles. The van der Waals surface area contributed by atoms with Crippen molar-refractivity contribution in [3.05, 3.63) is 29.8 Å². The maximum Gasteiger partial charge on any atom is 0.418 e. The first-order valence-corrected chi connectivity index (χ1v) is 6.04. The van der Waals surface area contributed by atoms with Crippen LogP contribution in [0.15, 0.2) is 18.2 Å². The lowest BCUT2D eigenvalue weighted by Crippen LogP contribution is -2.53. The Morgan fingerprint density at radius 2 is 2.05 bits per heavy atom. The van der Waals surface area contributed by atoms with Crippen molar-refractivity contribution in [1.29, 1.82) is 0 Å². The van der Waals surface area contributed by atoms with Gasteiger partial charge in [-0.05, 0) is 31.5 Å². The van der Waals surface area contributed by atoms with Crippen molar-refractivity contribution < 1.29 is 19.0 Å². The molecule has 0 aliphatic carbocycles. The van der Waals surface area contributed by atoms with Gasteiger partial charge in [-0.1, -0.05) is 12.1 Å². The quantitative estimate of drug-likeness (QED) is 0.769. The summed E-state index contributed by atoms with van der Waals surface area (Å²) in [6.07, 6.45) is -0.531. The first kappa shape index (κ1) is 15.5. The molecule has 5 heteroatoms. The van der Waals surface area contributed by atoms with Gasteiger partial charge < -0.3 is 14.2 Å². The van der Waals surface area contributed by atoms with E-state index in [4.69, 9.17) is 14.2 Å². The van der Waals surface area contributed by atoms with Crippen LogP contribution in [0.2, 0.25) is 0 Å². The van der Waals surface area contributed by atoms with Crippen molar-refractivity contribution in [3.63, 3.8) is 0 Å². The summed E-state index contributed by atoms with van der Waals surface area (Å²) in [6, 6.07) is 8.40. The van der Waals surface area contributed by atoms with E-state index >= 15 is 0 Å². The minimum absolute atomic E-state index is 0.272. The van der Waals surface area contributed by atoms with E-state index in [-0.39, 0.29) is 6.61 Å². The summed E-state index contributed by atoms with van der Waals surface area (Å²) in [5.74, 6) is -1.24. The largest absolute Gasteiger partial charge is 0.449 e. The van der Waals surface area contributed by atoms with E-state index in [1.54, 1.807) is 32.0 Å². The van der Waals surface area contributed by atoms with E-state index < -0.39 is 12.0 Å². The average Bonchev–Trinajstić information content (AvgIpc) is 2.41. The second-order valence-electron chi connectivity index (χ2n) is 4.02. The Labute approximate surface area is 114 Å². The lowest BCUT2D eigenvalue weighted by atomic mass is 10.2. The summed E-state index contributed by atoms with van der Waals surface area (Å²) in [6.45, 7) is 5.52. The molecule has 0 spiro atoms. The number of carbonyl (C=O) groups excluding carboxylic acids is 1. The van der Waals surface area contributed by atoms with Crippen LogP contribution in [-0.2, 0) is 14.2 Å². The van der Waals surface area contributed by atoms with Crippen molar-refractivity contribution in [2.24, 2.45) is 0 Å². The molecule has 1 aromatic rings. The van der Waals surface area contributed by atoms with Crippen LogP contribution in [0.1, 0.15) is 19.4 Å². The molecule has 0 atom stereocenters. The zero-order valence-corrected chi connectivity index (χ0v) is 12.0. The summed E-state index contributed by atoms with van der Waals surface area (Å²) < 4.78 is 15.7. The van der Waals surface area contributed by atoms with Crippen LogP contribution in [0.4, 0.5) is 10.5 Å². The van der Waals surface area contributed by atoms with Gasteiger partial charge in [-0.3, -0.25) is 0 Å². The van der Waals surface area contributed by atoms with Crippen LogP contribution < -0.4 is 4.90 Å². The molecule has 0 aliphatic rings. The van der Waals surface area contributed by atoms with Crippen molar-refractivity contribution in [1.82, 2.24) is 0 Å². The zero-order valence-electron chi connectivity index (χ0n) is 12.0. The number of ether oxygens (including phenoxy) is 3. The number of rotatable bonds is 5. The van der Waals surface area contributed by atoms with Gasteiger partial charge >= 0.3 is 6.09 Å². The van der Waals surface area contributed by atoms with Gasteiger partial charge in [0.25, 0.3) is 5.91 Å². The first-order valence-electron chi connectivity index (χ1n) is 6.04. The van der Waals surface area contributed by atoms with E-state index in [1.807, 2.05) is 6.92 Å². The molecule has 19 heavy (non-hydrogen) atoms. The van der Waals surface area contributed by atoms with E-state index in [1.165, 1.54) is 19.1 Å². The van der Waals surface area contributed by atoms with Gasteiger partial charge in [0.05, 0.1) is 12.3 Å². The fourth-order valence-electron chi connectivity index (χ4n) is 1.69. The van der Waals surface area contributed by atoms with Gasteiger partial charge in [0.2, 0.25) is 0 Å². The molecule has 1 aromatic carbocycles. The molecule has 0 fully saturated rings. The SMILES string of the molecule is CCOC(=O)N(c1ccc[c]c1C)C(C)(OC)OC. The summed E-state index contributed by atoms with van der Waals surface area (Å²) in [7, 11) is 2.94. The molecule has 1 rings (SSSR count). The maximum absolute atomic E-state index is 12.2.